The predicted molar refractivity (Wildman–Crippen MR) is 61.5 cm³/mol. The first-order valence-corrected chi connectivity index (χ1v) is 6.56. The van der Waals surface area contributed by atoms with E-state index in [1.54, 1.807) is 27.0 Å². The van der Waals surface area contributed by atoms with Gasteiger partial charge in [0.25, 0.3) is 0 Å². The second-order valence-electron chi connectivity index (χ2n) is 4.29. The summed E-state index contributed by atoms with van der Waals surface area (Å²) in [7, 11) is -3.50. The van der Waals surface area contributed by atoms with Gasteiger partial charge in [-0.15, -0.1) is 0 Å². The number of aromatic amines is 1. The van der Waals surface area contributed by atoms with E-state index in [-0.39, 0.29) is 11.4 Å². The van der Waals surface area contributed by atoms with Crippen molar-refractivity contribution in [2.75, 3.05) is 13.1 Å². The van der Waals surface area contributed by atoms with Crippen molar-refractivity contribution in [2.45, 2.75) is 31.3 Å². The Morgan fingerprint density at radius 3 is 2.50 bits per heavy atom. The Morgan fingerprint density at radius 1 is 1.50 bits per heavy atom. The average Bonchev–Trinajstić information content (AvgIpc) is 2.65. The molecule has 0 saturated heterocycles. The molecule has 92 valence electrons. The second kappa shape index (κ2) is 4.57. The minimum absolute atomic E-state index is 0.0804. The molecule has 1 aromatic heterocycles. The van der Waals surface area contributed by atoms with Crippen LogP contribution in [0.25, 0.3) is 0 Å². The van der Waals surface area contributed by atoms with Crippen LogP contribution in [0.4, 0.5) is 0 Å². The zero-order chi connectivity index (χ0) is 12.4. The smallest absolute Gasteiger partial charge is 0.244 e. The van der Waals surface area contributed by atoms with Crippen LogP contribution >= 0.6 is 0 Å². The van der Waals surface area contributed by atoms with E-state index < -0.39 is 15.6 Å². The summed E-state index contributed by atoms with van der Waals surface area (Å²) in [6.07, 6.45) is 2.99. The summed E-state index contributed by atoms with van der Waals surface area (Å²) in [5, 5.41) is 9.67. The number of sulfonamides is 1. The number of rotatable bonds is 5. The summed E-state index contributed by atoms with van der Waals surface area (Å²) in [5.74, 6) is 0. The number of aliphatic hydroxyl groups is 1. The Labute approximate surface area is 96.1 Å². The van der Waals surface area contributed by atoms with E-state index in [4.69, 9.17) is 0 Å². The van der Waals surface area contributed by atoms with Gasteiger partial charge < -0.3 is 10.1 Å². The molecular formula is C10H18N2O3S. The van der Waals surface area contributed by atoms with Gasteiger partial charge in [0, 0.05) is 25.5 Å². The minimum Gasteiger partial charge on any atom is -0.389 e. The van der Waals surface area contributed by atoms with Gasteiger partial charge in [0.15, 0.2) is 0 Å². The van der Waals surface area contributed by atoms with Crippen LogP contribution in [-0.2, 0) is 10.0 Å². The van der Waals surface area contributed by atoms with Crippen LogP contribution in [0.3, 0.4) is 0 Å². The normalized spacial score (nSPS) is 13.3. The number of aromatic nitrogens is 1. The fourth-order valence-corrected chi connectivity index (χ4v) is 3.00. The van der Waals surface area contributed by atoms with E-state index in [1.165, 1.54) is 16.6 Å². The molecule has 0 radical (unpaired) electrons. The van der Waals surface area contributed by atoms with Crippen molar-refractivity contribution >= 4 is 10.0 Å². The largest absolute Gasteiger partial charge is 0.389 e. The van der Waals surface area contributed by atoms with Crippen LogP contribution in [0.5, 0.6) is 0 Å². The number of likely N-dealkylation sites (N-methyl/N-ethyl adjacent to an activating group) is 1. The number of hydrogen-bond acceptors (Lipinski definition) is 3. The van der Waals surface area contributed by atoms with Crippen LogP contribution < -0.4 is 0 Å². The van der Waals surface area contributed by atoms with Crippen molar-refractivity contribution in [3.8, 4) is 0 Å². The molecule has 0 aromatic carbocycles. The van der Waals surface area contributed by atoms with E-state index >= 15 is 0 Å². The maximum Gasteiger partial charge on any atom is 0.244 e. The predicted octanol–water partition coefficient (Wildman–Crippen LogP) is 0.796. The molecule has 1 aromatic rings. The van der Waals surface area contributed by atoms with Crippen LogP contribution in [0.2, 0.25) is 0 Å². The first kappa shape index (κ1) is 13.2. The van der Waals surface area contributed by atoms with Crippen molar-refractivity contribution < 1.29 is 13.5 Å². The fraction of sp³-hybridized carbons (Fsp3) is 0.600. The topological polar surface area (TPSA) is 73.4 Å². The lowest BCUT2D eigenvalue weighted by atomic mass is 10.1. The molecule has 0 aliphatic heterocycles. The number of hydrogen-bond donors (Lipinski definition) is 2. The van der Waals surface area contributed by atoms with Crippen molar-refractivity contribution in [1.82, 2.24) is 9.29 Å². The summed E-state index contributed by atoms with van der Waals surface area (Å²) in [6, 6.07) is 1.50. The SMILES string of the molecule is CCN(CC(C)(C)O)S(=O)(=O)c1cc[nH]c1. The number of nitrogens with zero attached hydrogens (tertiary/aromatic N) is 1. The highest BCUT2D eigenvalue weighted by Crippen LogP contribution is 2.17. The number of H-pyrrole nitrogens is 1. The summed E-state index contributed by atoms with van der Waals surface area (Å²) < 4.78 is 25.5. The van der Waals surface area contributed by atoms with Crippen LogP contribution in [0.1, 0.15) is 20.8 Å². The number of nitrogens with one attached hydrogen (secondary N) is 1. The molecule has 6 heteroatoms. The standard InChI is InChI=1S/C10H18N2O3S/c1-4-12(8-10(2,3)13)16(14,15)9-5-6-11-7-9/h5-7,11,13H,4,8H2,1-3H3. The molecule has 0 aliphatic carbocycles. The molecule has 1 heterocycles. The van der Waals surface area contributed by atoms with Crippen LogP contribution in [0, 0.1) is 0 Å². The Balaban J connectivity index is 2.97. The van der Waals surface area contributed by atoms with Crippen molar-refractivity contribution in [3.05, 3.63) is 18.5 Å². The zero-order valence-electron chi connectivity index (χ0n) is 9.77. The second-order valence-corrected chi connectivity index (χ2v) is 6.23. The molecule has 16 heavy (non-hydrogen) atoms. The fourth-order valence-electron chi connectivity index (χ4n) is 1.42. The Bertz CT molecular complexity index is 417. The summed E-state index contributed by atoms with van der Waals surface area (Å²) in [6.45, 7) is 5.33. The Hall–Kier alpha value is -0.850. The zero-order valence-corrected chi connectivity index (χ0v) is 10.6. The molecule has 0 unspecified atom stereocenters. The molecule has 0 fully saturated rings. The van der Waals surface area contributed by atoms with Gasteiger partial charge in [-0.05, 0) is 19.9 Å². The van der Waals surface area contributed by atoms with Gasteiger partial charge in [-0.2, -0.15) is 4.31 Å². The minimum atomic E-state index is -3.50. The third-order valence-corrected chi connectivity index (χ3v) is 4.04. The molecule has 5 nitrogen and oxygen atoms in total. The molecule has 0 atom stereocenters. The van der Waals surface area contributed by atoms with Crippen LogP contribution in [0.15, 0.2) is 23.4 Å². The summed E-state index contributed by atoms with van der Waals surface area (Å²) in [4.78, 5) is 2.93. The van der Waals surface area contributed by atoms with Gasteiger partial charge in [-0.1, -0.05) is 6.92 Å². The molecule has 0 aliphatic rings. The lowest BCUT2D eigenvalue weighted by Gasteiger charge is -2.26. The van der Waals surface area contributed by atoms with Crippen molar-refractivity contribution in [2.24, 2.45) is 0 Å². The molecule has 1 rings (SSSR count). The lowest BCUT2D eigenvalue weighted by Crippen LogP contribution is -2.41. The van der Waals surface area contributed by atoms with E-state index in [0.717, 1.165) is 0 Å². The van der Waals surface area contributed by atoms with Gasteiger partial charge in [0.05, 0.1) is 10.5 Å². The summed E-state index contributed by atoms with van der Waals surface area (Å²) in [5.41, 5.74) is -1.04. The lowest BCUT2D eigenvalue weighted by molar-refractivity contribution is 0.0601. The van der Waals surface area contributed by atoms with E-state index in [2.05, 4.69) is 4.98 Å². The van der Waals surface area contributed by atoms with E-state index in [1.807, 2.05) is 0 Å². The highest BCUT2D eigenvalue weighted by Gasteiger charge is 2.28. The van der Waals surface area contributed by atoms with E-state index in [0.29, 0.717) is 6.54 Å². The molecule has 0 amide bonds. The monoisotopic (exact) mass is 246 g/mol. The van der Waals surface area contributed by atoms with Gasteiger partial charge in [0.2, 0.25) is 10.0 Å². The maximum atomic E-state index is 12.1. The Kier molecular flexibility index (Phi) is 3.77. The molecular weight excluding hydrogens is 228 g/mol. The van der Waals surface area contributed by atoms with Gasteiger partial charge in [-0.25, -0.2) is 8.42 Å². The first-order valence-electron chi connectivity index (χ1n) is 5.12. The van der Waals surface area contributed by atoms with Crippen molar-refractivity contribution in [3.63, 3.8) is 0 Å². The molecule has 2 N–H and O–H groups in total. The molecule has 0 bridgehead atoms. The molecule has 0 spiro atoms. The highest BCUT2D eigenvalue weighted by molar-refractivity contribution is 7.89. The van der Waals surface area contributed by atoms with Crippen LogP contribution in [-0.4, -0.2) is 41.5 Å². The Morgan fingerprint density at radius 2 is 2.12 bits per heavy atom. The van der Waals surface area contributed by atoms with Gasteiger partial charge >= 0.3 is 0 Å². The van der Waals surface area contributed by atoms with Crippen molar-refractivity contribution in [1.29, 1.82) is 0 Å². The highest BCUT2D eigenvalue weighted by atomic mass is 32.2. The molecule has 0 saturated carbocycles. The quantitative estimate of drug-likeness (QED) is 0.807. The average molecular weight is 246 g/mol. The van der Waals surface area contributed by atoms with Gasteiger partial charge in [-0.3, -0.25) is 0 Å². The van der Waals surface area contributed by atoms with Gasteiger partial charge in [0.1, 0.15) is 0 Å². The third-order valence-electron chi connectivity index (χ3n) is 2.12. The van der Waals surface area contributed by atoms with E-state index in [9.17, 15) is 13.5 Å². The first-order chi connectivity index (χ1) is 7.27. The maximum absolute atomic E-state index is 12.1. The third kappa shape index (κ3) is 3.07. The summed E-state index contributed by atoms with van der Waals surface area (Å²) >= 11 is 0.